The summed E-state index contributed by atoms with van der Waals surface area (Å²) in [4.78, 5) is 11.7. The molecule has 0 aromatic heterocycles. The van der Waals surface area contributed by atoms with Gasteiger partial charge in [-0.15, -0.1) is 0 Å². The summed E-state index contributed by atoms with van der Waals surface area (Å²) < 4.78 is 0. The zero-order chi connectivity index (χ0) is 12.8. The molecule has 5 nitrogen and oxygen atoms in total. The van der Waals surface area contributed by atoms with E-state index in [0.717, 1.165) is 6.42 Å². The second-order valence-corrected chi connectivity index (χ2v) is 3.89. The smallest absolute Gasteiger partial charge is 0.255 e. The van der Waals surface area contributed by atoms with Crippen LogP contribution in [-0.4, -0.2) is 28.7 Å². The van der Waals surface area contributed by atoms with Crippen LogP contribution in [0.4, 0.5) is 0 Å². The molecule has 0 saturated heterocycles. The Kier molecular flexibility index (Phi) is 4.78. The predicted molar refractivity (Wildman–Crippen MR) is 65.0 cm³/mol. The van der Waals surface area contributed by atoms with Crippen LogP contribution in [0.5, 0.6) is 11.5 Å². The van der Waals surface area contributed by atoms with Crippen LogP contribution < -0.4 is 11.1 Å². The van der Waals surface area contributed by atoms with Gasteiger partial charge in [-0.3, -0.25) is 4.79 Å². The quantitative estimate of drug-likeness (QED) is 0.574. The average Bonchev–Trinajstić information content (AvgIpc) is 2.32. The number of benzene rings is 1. The molecule has 1 aromatic carbocycles. The summed E-state index contributed by atoms with van der Waals surface area (Å²) in [6.07, 6.45) is 1.54. The lowest BCUT2D eigenvalue weighted by molar-refractivity contribution is 0.0949. The molecule has 0 fully saturated rings. The number of nitrogens with one attached hydrogen (secondary N) is 1. The van der Waals surface area contributed by atoms with E-state index >= 15 is 0 Å². The van der Waals surface area contributed by atoms with Crippen molar-refractivity contribution >= 4 is 5.91 Å². The van der Waals surface area contributed by atoms with E-state index in [0.29, 0.717) is 13.0 Å². The molecule has 5 N–H and O–H groups in total. The van der Waals surface area contributed by atoms with Crippen LogP contribution in [0.1, 0.15) is 30.1 Å². The Labute approximate surface area is 100 Å². The largest absolute Gasteiger partial charge is 0.504 e. The number of carbonyl (C=O) groups excluding carboxylic acids is 1. The number of phenols is 2. The molecule has 1 amide bonds. The lowest BCUT2D eigenvalue weighted by atomic mass is 10.1. The second kappa shape index (κ2) is 6.10. The van der Waals surface area contributed by atoms with Gasteiger partial charge in [0.2, 0.25) is 0 Å². The molecular weight excluding hydrogens is 220 g/mol. The molecule has 0 spiro atoms. The lowest BCUT2D eigenvalue weighted by Gasteiger charge is -2.10. The van der Waals surface area contributed by atoms with Crippen molar-refractivity contribution in [1.29, 1.82) is 0 Å². The molecule has 1 atom stereocenters. The first-order chi connectivity index (χ1) is 8.06. The van der Waals surface area contributed by atoms with Gasteiger partial charge in [0.25, 0.3) is 5.91 Å². The predicted octanol–water partition coefficient (Wildman–Crippen LogP) is 0.955. The molecule has 0 aliphatic rings. The third-order valence-electron chi connectivity index (χ3n) is 2.58. The van der Waals surface area contributed by atoms with Crippen molar-refractivity contribution in [1.82, 2.24) is 5.32 Å². The number of hydrogen-bond donors (Lipinski definition) is 4. The monoisotopic (exact) mass is 238 g/mol. The van der Waals surface area contributed by atoms with Crippen LogP contribution in [0.15, 0.2) is 18.2 Å². The molecule has 0 aliphatic carbocycles. The van der Waals surface area contributed by atoms with Crippen molar-refractivity contribution < 1.29 is 15.0 Å². The zero-order valence-corrected chi connectivity index (χ0v) is 9.81. The Bertz CT molecular complexity index is 393. The van der Waals surface area contributed by atoms with Gasteiger partial charge in [-0.05, 0) is 25.0 Å². The van der Waals surface area contributed by atoms with E-state index in [1.165, 1.54) is 18.2 Å². The van der Waals surface area contributed by atoms with Gasteiger partial charge in [-0.2, -0.15) is 0 Å². The third kappa shape index (κ3) is 3.64. The van der Waals surface area contributed by atoms with Crippen molar-refractivity contribution in [2.45, 2.75) is 25.8 Å². The standard InChI is InChI=1S/C12H18N2O3/c1-2-8(13)6-7-14-12(17)9-4-3-5-10(15)11(9)16/h3-5,8,15-16H,2,6-7,13H2,1H3,(H,14,17). The fraction of sp³-hybridized carbons (Fsp3) is 0.417. The van der Waals surface area contributed by atoms with Crippen molar-refractivity contribution in [3.63, 3.8) is 0 Å². The number of nitrogens with two attached hydrogens (primary N) is 1. The van der Waals surface area contributed by atoms with Crippen LogP contribution in [0, 0.1) is 0 Å². The van der Waals surface area contributed by atoms with Gasteiger partial charge < -0.3 is 21.3 Å². The highest BCUT2D eigenvalue weighted by molar-refractivity contribution is 5.97. The molecule has 0 bridgehead atoms. The third-order valence-corrected chi connectivity index (χ3v) is 2.58. The van der Waals surface area contributed by atoms with E-state index in [1.54, 1.807) is 0 Å². The van der Waals surface area contributed by atoms with E-state index < -0.39 is 11.7 Å². The summed E-state index contributed by atoms with van der Waals surface area (Å²) in [6.45, 7) is 2.43. The highest BCUT2D eigenvalue weighted by atomic mass is 16.3. The Morgan fingerprint density at radius 2 is 2.18 bits per heavy atom. The maximum Gasteiger partial charge on any atom is 0.255 e. The van der Waals surface area contributed by atoms with Crippen LogP contribution in [-0.2, 0) is 0 Å². The van der Waals surface area contributed by atoms with E-state index in [4.69, 9.17) is 5.73 Å². The zero-order valence-electron chi connectivity index (χ0n) is 9.81. The average molecular weight is 238 g/mol. The highest BCUT2D eigenvalue weighted by Gasteiger charge is 2.13. The van der Waals surface area contributed by atoms with Gasteiger partial charge >= 0.3 is 0 Å². The lowest BCUT2D eigenvalue weighted by Crippen LogP contribution is -2.30. The molecule has 0 aliphatic heterocycles. The molecule has 0 radical (unpaired) electrons. The SMILES string of the molecule is CCC(N)CCNC(=O)c1cccc(O)c1O. The van der Waals surface area contributed by atoms with Crippen LogP contribution in [0.2, 0.25) is 0 Å². The van der Waals surface area contributed by atoms with Gasteiger partial charge in [0.1, 0.15) is 0 Å². The molecule has 94 valence electrons. The number of para-hydroxylation sites is 1. The fourth-order valence-electron chi connectivity index (χ4n) is 1.38. The number of rotatable bonds is 5. The minimum atomic E-state index is -0.415. The second-order valence-electron chi connectivity index (χ2n) is 3.89. The number of hydrogen-bond acceptors (Lipinski definition) is 4. The molecular formula is C12H18N2O3. The number of carbonyl (C=O) groups is 1. The van der Waals surface area contributed by atoms with E-state index in [-0.39, 0.29) is 17.4 Å². The topological polar surface area (TPSA) is 95.6 Å². The maximum absolute atomic E-state index is 11.7. The normalized spacial score (nSPS) is 12.1. The number of aromatic hydroxyl groups is 2. The molecule has 0 heterocycles. The number of phenolic OH excluding ortho intramolecular Hbond substituents is 2. The summed E-state index contributed by atoms with van der Waals surface area (Å²) >= 11 is 0. The Hall–Kier alpha value is -1.75. The molecule has 1 rings (SSSR count). The molecule has 0 saturated carbocycles. The van der Waals surface area contributed by atoms with Crippen LogP contribution in [0.25, 0.3) is 0 Å². The molecule has 1 unspecified atom stereocenters. The Morgan fingerprint density at radius 3 is 2.82 bits per heavy atom. The van der Waals surface area contributed by atoms with Gasteiger partial charge in [-0.1, -0.05) is 13.0 Å². The summed E-state index contributed by atoms with van der Waals surface area (Å²) in [5.74, 6) is -1.12. The van der Waals surface area contributed by atoms with Gasteiger partial charge in [0.15, 0.2) is 11.5 Å². The minimum Gasteiger partial charge on any atom is -0.504 e. The van der Waals surface area contributed by atoms with Crippen molar-refractivity contribution in [2.75, 3.05) is 6.54 Å². The van der Waals surface area contributed by atoms with E-state index in [9.17, 15) is 15.0 Å². The summed E-state index contributed by atoms with van der Waals surface area (Å²) in [5.41, 5.74) is 5.78. The van der Waals surface area contributed by atoms with Gasteiger partial charge in [0, 0.05) is 12.6 Å². The summed E-state index contributed by atoms with van der Waals surface area (Å²) in [7, 11) is 0. The van der Waals surface area contributed by atoms with Crippen molar-refractivity contribution in [3.8, 4) is 11.5 Å². The van der Waals surface area contributed by atoms with Crippen molar-refractivity contribution in [3.05, 3.63) is 23.8 Å². The van der Waals surface area contributed by atoms with Crippen LogP contribution >= 0.6 is 0 Å². The molecule has 5 heteroatoms. The molecule has 17 heavy (non-hydrogen) atoms. The number of amides is 1. The summed E-state index contributed by atoms with van der Waals surface area (Å²) in [6, 6.07) is 4.33. The van der Waals surface area contributed by atoms with Gasteiger partial charge in [-0.25, -0.2) is 0 Å². The van der Waals surface area contributed by atoms with Crippen LogP contribution in [0.3, 0.4) is 0 Å². The summed E-state index contributed by atoms with van der Waals surface area (Å²) in [5, 5.41) is 21.4. The van der Waals surface area contributed by atoms with E-state index in [1.807, 2.05) is 6.92 Å². The van der Waals surface area contributed by atoms with E-state index in [2.05, 4.69) is 5.32 Å². The molecule has 1 aromatic rings. The van der Waals surface area contributed by atoms with Gasteiger partial charge in [0.05, 0.1) is 5.56 Å². The first-order valence-electron chi connectivity index (χ1n) is 5.61. The van der Waals surface area contributed by atoms with Crippen molar-refractivity contribution in [2.24, 2.45) is 5.73 Å². The first-order valence-corrected chi connectivity index (χ1v) is 5.61. The maximum atomic E-state index is 11.7. The highest BCUT2D eigenvalue weighted by Crippen LogP contribution is 2.27. The fourth-order valence-corrected chi connectivity index (χ4v) is 1.38. The Balaban J connectivity index is 2.56. The Morgan fingerprint density at radius 1 is 1.47 bits per heavy atom. The minimum absolute atomic E-state index is 0.0630. The first kappa shape index (κ1) is 13.3.